The summed E-state index contributed by atoms with van der Waals surface area (Å²) < 4.78 is 11.2. The van der Waals surface area contributed by atoms with E-state index < -0.39 is 5.97 Å². The number of halogens is 2. The van der Waals surface area contributed by atoms with E-state index in [2.05, 4.69) is 20.9 Å². The summed E-state index contributed by atoms with van der Waals surface area (Å²) in [5, 5.41) is 0.597. The predicted molar refractivity (Wildman–Crippen MR) is 79.2 cm³/mol. The highest BCUT2D eigenvalue weighted by Gasteiger charge is 2.07. The number of hydrogen-bond donors (Lipinski definition) is 0. The van der Waals surface area contributed by atoms with Gasteiger partial charge in [0.25, 0.3) is 0 Å². The van der Waals surface area contributed by atoms with Crippen molar-refractivity contribution < 1.29 is 14.3 Å². The number of nitrogens with zero attached hydrogens (tertiary/aromatic N) is 1. The van der Waals surface area contributed by atoms with Crippen molar-refractivity contribution in [1.29, 1.82) is 0 Å². The fraction of sp³-hybridized carbons (Fsp3) is 0.143. The highest BCUT2D eigenvalue weighted by Crippen LogP contribution is 2.17. The number of pyridine rings is 1. The number of benzene rings is 1. The molecule has 0 aliphatic carbocycles. The Labute approximate surface area is 129 Å². The van der Waals surface area contributed by atoms with E-state index in [0.29, 0.717) is 16.3 Å². The topological polar surface area (TPSA) is 48.4 Å². The molecule has 0 unspecified atom stereocenters. The predicted octanol–water partition coefficient (Wildman–Crippen LogP) is 3.73. The fourth-order valence-electron chi connectivity index (χ4n) is 1.46. The average molecular weight is 357 g/mol. The third-order valence-corrected chi connectivity index (χ3v) is 2.99. The Kier molecular flexibility index (Phi) is 5.38. The zero-order valence-electron chi connectivity index (χ0n) is 10.4. The van der Waals surface area contributed by atoms with Crippen molar-refractivity contribution in [3.05, 3.63) is 57.8 Å². The van der Waals surface area contributed by atoms with Crippen molar-refractivity contribution >= 4 is 33.5 Å². The first-order valence-electron chi connectivity index (χ1n) is 5.81. The van der Waals surface area contributed by atoms with Gasteiger partial charge in [-0.05, 0) is 40.2 Å². The summed E-state index contributed by atoms with van der Waals surface area (Å²) in [6, 6.07) is 8.67. The van der Waals surface area contributed by atoms with Crippen LogP contribution in [-0.2, 0) is 4.74 Å². The molecule has 0 spiro atoms. The van der Waals surface area contributed by atoms with Crippen LogP contribution >= 0.6 is 27.5 Å². The Balaban J connectivity index is 1.77. The summed E-state index contributed by atoms with van der Waals surface area (Å²) >= 11 is 9.07. The van der Waals surface area contributed by atoms with Crippen molar-refractivity contribution in [3.63, 3.8) is 0 Å². The van der Waals surface area contributed by atoms with Crippen LogP contribution in [0.5, 0.6) is 5.75 Å². The van der Waals surface area contributed by atoms with Crippen LogP contribution in [0.1, 0.15) is 10.4 Å². The standard InChI is InChI=1S/C14H11BrClNO3/c15-11-6-10(8-17-9-11)14(18)20-5-4-19-13-3-1-2-12(16)7-13/h1-3,6-9H,4-5H2. The number of hydrogen-bond acceptors (Lipinski definition) is 4. The molecule has 0 N–H and O–H groups in total. The minimum Gasteiger partial charge on any atom is -0.490 e. The van der Waals surface area contributed by atoms with E-state index in [4.69, 9.17) is 21.1 Å². The van der Waals surface area contributed by atoms with Gasteiger partial charge in [0.15, 0.2) is 0 Å². The molecule has 4 nitrogen and oxygen atoms in total. The molecule has 1 aromatic heterocycles. The lowest BCUT2D eigenvalue weighted by atomic mass is 10.3. The fourth-order valence-corrected chi connectivity index (χ4v) is 2.00. The van der Waals surface area contributed by atoms with E-state index in [-0.39, 0.29) is 13.2 Å². The second kappa shape index (κ2) is 7.26. The molecule has 0 aliphatic rings. The van der Waals surface area contributed by atoms with Crippen LogP contribution in [0.3, 0.4) is 0 Å². The summed E-state index contributed by atoms with van der Waals surface area (Å²) in [6.45, 7) is 0.408. The first-order valence-corrected chi connectivity index (χ1v) is 6.98. The van der Waals surface area contributed by atoms with Crippen LogP contribution in [0.15, 0.2) is 47.2 Å². The van der Waals surface area contributed by atoms with E-state index in [1.165, 1.54) is 6.20 Å². The van der Waals surface area contributed by atoms with Gasteiger partial charge in [0.2, 0.25) is 0 Å². The van der Waals surface area contributed by atoms with Crippen LogP contribution < -0.4 is 4.74 Å². The highest BCUT2D eigenvalue weighted by atomic mass is 79.9. The molecule has 0 saturated carbocycles. The van der Waals surface area contributed by atoms with Crippen LogP contribution in [0.25, 0.3) is 0 Å². The van der Waals surface area contributed by atoms with Crippen LogP contribution in [-0.4, -0.2) is 24.2 Å². The molecule has 2 aromatic rings. The lowest BCUT2D eigenvalue weighted by Gasteiger charge is -2.07. The van der Waals surface area contributed by atoms with Gasteiger partial charge in [-0.3, -0.25) is 4.98 Å². The Morgan fingerprint density at radius 3 is 2.85 bits per heavy atom. The molecule has 0 amide bonds. The monoisotopic (exact) mass is 355 g/mol. The lowest BCUT2D eigenvalue weighted by Crippen LogP contribution is -2.12. The van der Waals surface area contributed by atoms with Gasteiger partial charge in [-0.25, -0.2) is 4.79 Å². The third-order valence-electron chi connectivity index (χ3n) is 2.32. The van der Waals surface area contributed by atoms with Crippen LogP contribution in [0, 0.1) is 0 Å². The zero-order chi connectivity index (χ0) is 14.4. The molecule has 6 heteroatoms. The molecule has 1 aromatic carbocycles. The van der Waals surface area contributed by atoms with Gasteiger partial charge in [0, 0.05) is 21.9 Å². The summed E-state index contributed by atoms with van der Waals surface area (Å²) in [5.74, 6) is 0.200. The minimum atomic E-state index is -0.437. The van der Waals surface area contributed by atoms with Crippen molar-refractivity contribution in [2.24, 2.45) is 0 Å². The first kappa shape index (κ1) is 14.8. The molecule has 0 fully saturated rings. The number of aromatic nitrogens is 1. The second-order valence-corrected chi connectivity index (χ2v) is 5.19. The van der Waals surface area contributed by atoms with Crippen molar-refractivity contribution in [2.75, 3.05) is 13.2 Å². The molecule has 0 radical (unpaired) electrons. The normalized spacial score (nSPS) is 10.1. The Morgan fingerprint density at radius 2 is 2.10 bits per heavy atom. The number of esters is 1. The van der Waals surface area contributed by atoms with E-state index in [9.17, 15) is 4.79 Å². The average Bonchev–Trinajstić information content (AvgIpc) is 2.43. The molecule has 0 atom stereocenters. The summed E-state index contributed by atoms with van der Waals surface area (Å²) in [6.07, 6.45) is 3.05. The van der Waals surface area contributed by atoms with Gasteiger partial charge >= 0.3 is 5.97 Å². The summed E-state index contributed by atoms with van der Waals surface area (Å²) in [5.41, 5.74) is 0.391. The van der Waals surface area contributed by atoms with E-state index >= 15 is 0 Å². The van der Waals surface area contributed by atoms with Crippen LogP contribution in [0.2, 0.25) is 5.02 Å². The smallest absolute Gasteiger partial charge is 0.339 e. The maximum atomic E-state index is 11.7. The lowest BCUT2D eigenvalue weighted by molar-refractivity contribution is 0.0450. The maximum Gasteiger partial charge on any atom is 0.339 e. The summed E-state index contributed by atoms with van der Waals surface area (Å²) in [7, 11) is 0. The Bertz CT molecular complexity index is 606. The number of carbonyl (C=O) groups is 1. The minimum absolute atomic E-state index is 0.151. The van der Waals surface area contributed by atoms with Gasteiger partial charge in [-0.1, -0.05) is 17.7 Å². The zero-order valence-corrected chi connectivity index (χ0v) is 12.7. The van der Waals surface area contributed by atoms with Crippen molar-refractivity contribution in [2.45, 2.75) is 0 Å². The van der Waals surface area contributed by atoms with Crippen molar-refractivity contribution in [1.82, 2.24) is 4.98 Å². The van der Waals surface area contributed by atoms with Gasteiger partial charge in [-0.2, -0.15) is 0 Å². The largest absolute Gasteiger partial charge is 0.490 e. The van der Waals surface area contributed by atoms with Gasteiger partial charge in [0.05, 0.1) is 5.56 Å². The molecule has 2 rings (SSSR count). The molecular formula is C14H11BrClNO3. The molecule has 104 valence electrons. The Morgan fingerprint density at radius 1 is 1.25 bits per heavy atom. The number of ether oxygens (including phenoxy) is 2. The van der Waals surface area contributed by atoms with Gasteiger partial charge in [0.1, 0.15) is 19.0 Å². The molecule has 1 heterocycles. The van der Waals surface area contributed by atoms with E-state index in [0.717, 1.165) is 4.47 Å². The molecule has 20 heavy (non-hydrogen) atoms. The Hall–Kier alpha value is -1.59. The SMILES string of the molecule is O=C(OCCOc1cccc(Cl)c1)c1cncc(Br)c1. The third kappa shape index (κ3) is 4.51. The molecule has 0 saturated heterocycles. The first-order chi connectivity index (χ1) is 9.65. The summed E-state index contributed by atoms with van der Waals surface area (Å²) in [4.78, 5) is 15.6. The number of carbonyl (C=O) groups excluding carboxylic acids is 1. The maximum absolute atomic E-state index is 11.7. The van der Waals surface area contributed by atoms with E-state index in [1.54, 1.807) is 36.5 Å². The highest BCUT2D eigenvalue weighted by molar-refractivity contribution is 9.10. The molecule has 0 bridgehead atoms. The van der Waals surface area contributed by atoms with Gasteiger partial charge in [-0.15, -0.1) is 0 Å². The number of rotatable bonds is 5. The van der Waals surface area contributed by atoms with E-state index in [1.807, 2.05) is 0 Å². The second-order valence-electron chi connectivity index (χ2n) is 3.83. The van der Waals surface area contributed by atoms with Crippen molar-refractivity contribution in [3.8, 4) is 5.75 Å². The molecule has 0 aliphatic heterocycles. The van der Waals surface area contributed by atoms with Crippen LogP contribution in [0.4, 0.5) is 0 Å². The molecular weight excluding hydrogens is 346 g/mol. The quantitative estimate of drug-likeness (QED) is 0.605. The van der Waals surface area contributed by atoms with Gasteiger partial charge < -0.3 is 9.47 Å².